The van der Waals surface area contributed by atoms with E-state index in [1.807, 2.05) is 18.2 Å². The molecule has 1 aromatic rings. The molecule has 0 bridgehead atoms. The van der Waals surface area contributed by atoms with Crippen LogP contribution in [-0.4, -0.2) is 20.3 Å². The number of nitrogens with two attached hydrogens (primary N) is 1. The summed E-state index contributed by atoms with van der Waals surface area (Å²) in [7, 11) is 1.68. The summed E-state index contributed by atoms with van der Waals surface area (Å²) >= 11 is 0. The molecule has 0 spiro atoms. The van der Waals surface area contributed by atoms with Crippen LogP contribution >= 0.6 is 0 Å². The van der Waals surface area contributed by atoms with Crippen molar-refractivity contribution in [1.29, 1.82) is 0 Å². The predicted molar refractivity (Wildman–Crippen MR) is 85.1 cm³/mol. The molecule has 1 aromatic carbocycles. The number of hydrazine groups is 1. The van der Waals surface area contributed by atoms with Gasteiger partial charge in [-0.1, -0.05) is 50.3 Å². The lowest BCUT2D eigenvalue weighted by Crippen LogP contribution is -2.30. The van der Waals surface area contributed by atoms with Crippen LogP contribution in [0, 0.1) is 5.92 Å². The van der Waals surface area contributed by atoms with Gasteiger partial charge in [-0.2, -0.15) is 0 Å². The van der Waals surface area contributed by atoms with Gasteiger partial charge in [-0.15, -0.1) is 0 Å². The summed E-state index contributed by atoms with van der Waals surface area (Å²) in [6, 6.07) is 8.32. The first-order chi connectivity index (χ1) is 10.3. The average Bonchev–Trinajstić information content (AvgIpc) is 2.54. The maximum atomic E-state index is 5.83. The van der Waals surface area contributed by atoms with Crippen LogP contribution in [0.15, 0.2) is 24.3 Å². The molecule has 2 rings (SSSR count). The number of ether oxygens (including phenoxy) is 2. The second-order valence-electron chi connectivity index (χ2n) is 5.84. The van der Waals surface area contributed by atoms with E-state index in [4.69, 9.17) is 15.3 Å². The van der Waals surface area contributed by atoms with Gasteiger partial charge in [-0.05, 0) is 18.4 Å². The minimum Gasteiger partial charge on any atom is -0.491 e. The first-order valence-electron chi connectivity index (χ1n) is 8.02. The van der Waals surface area contributed by atoms with Crippen LogP contribution in [-0.2, 0) is 4.74 Å². The lowest BCUT2D eigenvalue weighted by molar-refractivity contribution is 0.145. The molecule has 0 heterocycles. The molecule has 3 N–H and O–H groups in total. The molecular formula is C17H28N2O2. The number of para-hydroxylation sites is 1. The molecular weight excluding hydrogens is 264 g/mol. The summed E-state index contributed by atoms with van der Waals surface area (Å²) in [5, 5.41) is 0. The molecule has 1 fully saturated rings. The van der Waals surface area contributed by atoms with Gasteiger partial charge >= 0.3 is 0 Å². The first kappa shape index (κ1) is 16.3. The molecule has 1 unspecified atom stereocenters. The number of hydrogen-bond acceptors (Lipinski definition) is 4. The predicted octanol–water partition coefficient (Wildman–Crippen LogP) is 3.19. The number of hydrogen-bond donors (Lipinski definition) is 2. The number of rotatable bonds is 8. The SMILES string of the molecule is COCCOc1ccccc1C(CC1CCCCC1)NN. The van der Waals surface area contributed by atoms with E-state index in [1.54, 1.807) is 7.11 Å². The van der Waals surface area contributed by atoms with Crippen LogP contribution in [0.3, 0.4) is 0 Å². The van der Waals surface area contributed by atoms with Crippen LogP contribution in [0.25, 0.3) is 0 Å². The Kier molecular flexibility index (Phi) is 7.00. The summed E-state index contributed by atoms with van der Waals surface area (Å²) in [6.45, 7) is 1.16. The van der Waals surface area contributed by atoms with E-state index in [1.165, 1.54) is 32.1 Å². The molecule has 0 aliphatic heterocycles. The number of methoxy groups -OCH3 is 1. The van der Waals surface area contributed by atoms with Gasteiger partial charge in [0.25, 0.3) is 0 Å². The average molecular weight is 292 g/mol. The van der Waals surface area contributed by atoms with Crippen LogP contribution in [0.4, 0.5) is 0 Å². The van der Waals surface area contributed by atoms with Gasteiger partial charge < -0.3 is 9.47 Å². The maximum Gasteiger partial charge on any atom is 0.124 e. The zero-order valence-electron chi connectivity index (χ0n) is 13.0. The standard InChI is InChI=1S/C17H28N2O2/c1-20-11-12-21-17-10-6-5-9-15(17)16(19-18)13-14-7-3-2-4-8-14/h5-6,9-10,14,16,19H,2-4,7-8,11-13,18H2,1H3. The molecule has 1 aliphatic rings. The molecule has 1 saturated carbocycles. The molecule has 0 saturated heterocycles. The highest BCUT2D eigenvalue weighted by Crippen LogP contribution is 2.34. The van der Waals surface area contributed by atoms with Crippen molar-refractivity contribution in [2.24, 2.45) is 11.8 Å². The fraction of sp³-hybridized carbons (Fsp3) is 0.647. The van der Waals surface area contributed by atoms with Gasteiger partial charge in [0.1, 0.15) is 12.4 Å². The molecule has 118 valence electrons. The smallest absolute Gasteiger partial charge is 0.124 e. The van der Waals surface area contributed by atoms with E-state index < -0.39 is 0 Å². The van der Waals surface area contributed by atoms with Gasteiger partial charge in [0.2, 0.25) is 0 Å². The zero-order valence-corrected chi connectivity index (χ0v) is 13.0. The Balaban J connectivity index is 2.02. The molecule has 4 nitrogen and oxygen atoms in total. The highest BCUT2D eigenvalue weighted by atomic mass is 16.5. The second-order valence-corrected chi connectivity index (χ2v) is 5.84. The number of nitrogens with one attached hydrogen (secondary N) is 1. The van der Waals surface area contributed by atoms with Crippen molar-refractivity contribution in [3.05, 3.63) is 29.8 Å². The van der Waals surface area contributed by atoms with Gasteiger partial charge in [0.15, 0.2) is 0 Å². The molecule has 21 heavy (non-hydrogen) atoms. The molecule has 0 radical (unpaired) electrons. The van der Waals surface area contributed by atoms with Crippen molar-refractivity contribution < 1.29 is 9.47 Å². The minimum absolute atomic E-state index is 0.159. The van der Waals surface area contributed by atoms with Crippen molar-refractivity contribution in [1.82, 2.24) is 5.43 Å². The lowest BCUT2D eigenvalue weighted by Gasteiger charge is -2.27. The first-order valence-corrected chi connectivity index (χ1v) is 8.02. The molecule has 1 atom stereocenters. The van der Waals surface area contributed by atoms with Crippen molar-refractivity contribution in [2.75, 3.05) is 20.3 Å². The van der Waals surface area contributed by atoms with E-state index in [-0.39, 0.29) is 6.04 Å². The Morgan fingerprint density at radius 1 is 1.19 bits per heavy atom. The summed E-state index contributed by atoms with van der Waals surface area (Å²) in [4.78, 5) is 0. The molecule has 0 amide bonds. The Morgan fingerprint density at radius 2 is 1.95 bits per heavy atom. The van der Waals surface area contributed by atoms with Gasteiger partial charge in [-0.3, -0.25) is 11.3 Å². The lowest BCUT2D eigenvalue weighted by atomic mass is 9.83. The van der Waals surface area contributed by atoms with E-state index in [2.05, 4.69) is 11.5 Å². The molecule has 1 aliphatic carbocycles. The normalized spacial score (nSPS) is 17.6. The van der Waals surface area contributed by atoms with E-state index >= 15 is 0 Å². The monoisotopic (exact) mass is 292 g/mol. The van der Waals surface area contributed by atoms with Crippen LogP contribution in [0.5, 0.6) is 5.75 Å². The Hall–Kier alpha value is -1.10. The van der Waals surface area contributed by atoms with E-state index in [0.29, 0.717) is 13.2 Å². The third-order valence-electron chi connectivity index (χ3n) is 4.33. The Labute approximate surface area is 128 Å². The third-order valence-corrected chi connectivity index (χ3v) is 4.33. The summed E-state index contributed by atoms with van der Waals surface area (Å²) in [5.41, 5.74) is 4.14. The van der Waals surface area contributed by atoms with Crippen molar-refractivity contribution in [3.63, 3.8) is 0 Å². The van der Waals surface area contributed by atoms with Gasteiger partial charge in [0, 0.05) is 18.7 Å². The van der Waals surface area contributed by atoms with Crippen molar-refractivity contribution >= 4 is 0 Å². The fourth-order valence-corrected chi connectivity index (χ4v) is 3.18. The molecule has 4 heteroatoms. The largest absolute Gasteiger partial charge is 0.491 e. The fourth-order valence-electron chi connectivity index (χ4n) is 3.18. The second kappa shape index (κ2) is 9.03. The summed E-state index contributed by atoms with van der Waals surface area (Å²) in [6.07, 6.45) is 7.83. The third kappa shape index (κ3) is 4.99. The van der Waals surface area contributed by atoms with Gasteiger partial charge in [-0.25, -0.2) is 0 Å². The van der Waals surface area contributed by atoms with E-state index in [0.717, 1.165) is 23.7 Å². The summed E-state index contributed by atoms with van der Waals surface area (Å²) in [5.74, 6) is 7.50. The zero-order chi connectivity index (χ0) is 14.9. The van der Waals surface area contributed by atoms with Crippen LogP contribution in [0.1, 0.15) is 50.1 Å². The van der Waals surface area contributed by atoms with E-state index in [9.17, 15) is 0 Å². The van der Waals surface area contributed by atoms with Gasteiger partial charge in [0.05, 0.1) is 6.61 Å². The summed E-state index contributed by atoms with van der Waals surface area (Å²) < 4.78 is 10.9. The van der Waals surface area contributed by atoms with Crippen LogP contribution in [0.2, 0.25) is 0 Å². The topological polar surface area (TPSA) is 56.5 Å². The highest BCUT2D eigenvalue weighted by Gasteiger charge is 2.21. The van der Waals surface area contributed by atoms with Crippen molar-refractivity contribution in [2.45, 2.75) is 44.6 Å². The minimum atomic E-state index is 0.159. The number of benzene rings is 1. The quantitative estimate of drug-likeness (QED) is 0.439. The molecule has 0 aromatic heterocycles. The van der Waals surface area contributed by atoms with Crippen LogP contribution < -0.4 is 16.0 Å². The highest BCUT2D eigenvalue weighted by molar-refractivity contribution is 5.36. The Morgan fingerprint density at radius 3 is 2.67 bits per heavy atom. The Bertz CT molecular complexity index is 406. The van der Waals surface area contributed by atoms with Crippen molar-refractivity contribution in [3.8, 4) is 5.75 Å². The maximum absolute atomic E-state index is 5.83.